The molecule has 3 heterocycles. The second-order valence-corrected chi connectivity index (χ2v) is 21.5. The van der Waals surface area contributed by atoms with E-state index in [-0.39, 0.29) is 52.2 Å². The minimum Gasteiger partial charge on any atom is -0.445 e. The van der Waals surface area contributed by atoms with Crippen molar-refractivity contribution in [2.24, 2.45) is 21.3 Å². The van der Waals surface area contributed by atoms with E-state index in [9.17, 15) is 45.4 Å². The highest BCUT2D eigenvalue weighted by Gasteiger charge is 2.55. The lowest BCUT2D eigenvalue weighted by atomic mass is 9.79. The third-order valence-electron chi connectivity index (χ3n) is 15.4. The lowest BCUT2D eigenvalue weighted by Gasteiger charge is -2.47. The highest BCUT2D eigenvalue weighted by atomic mass is 19.1. The standard InChI is InChI=1S/C58H71FN12O17/c1-33-24-41(65-53(77)50(39(59)25-63-68-60)80-30-35-16-8-3-9-17-35)45(73)52(88-56-48(76)51(43(29-72)85-56)87-55-44(67-70-62)47(75)46(74)42(84-55)26-64-69-61)49(33)86-54-40(66-57(78)81-31-36-18-10-4-11-19-36)23-22-38(83-54)28-71(27-34-14-6-2-7-15-34)58(79)82-32-37-20-12-5-13-21-37/h2-21,33,38-52,54-56,72-76H,22-32H2,1H3,(H,65,77)(H,66,78)/t33-,38-,39+,40+,41+,42-,43+,44+,45-,46+,47+,48+,49+,50-,51+,52+,54+,55+,56-/m0/s1. The number of nitrogens with one attached hydrogen (secondary N) is 2. The molecule has 3 saturated heterocycles. The molecular formula is C58H71FN12O17. The van der Waals surface area contributed by atoms with E-state index in [0.717, 1.165) is 11.1 Å². The van der Waals surface area contributed by atoms with Gasteiger partial charge >= 0.3 is 12.2 Å². The van der Waals surface area contributed by atoms with Gasteiger partial charge in [0.25, 0.3) is 5.91 Å². The second kappa shape index (κ2) is 33.0. The summed E-state index contributed by atoms with van der Waals surface area (Å²) in [5.74, 6) is -1.85. The molecule has 19 atom stereocenters. The van der Waals surface area contributed by atoms with E-state index >= 15 is 4.39 Å². The Hall–Kier alpha value is -7.73. The Bertz CT molecular complexity index is 3000. The summed E-state index contributed by atoms with van der Waals surface area (Å²) in [5.41, 5.74) is 30.2. The minimum absolute atomic E-state index is 0.0297. The number of hydrogen-bond acceptors (Lipinski definition) is 20. The number of rotatable bonds is 27. The summed E-state index contributed by atoms with van der Waals surface area (Å²) < 4.78 is 71.3. The second-order valence-electron chi connectivity index (χ2n) is 21.5. The fourth-order valence-corrected chi connectivity index (χ4v) is 10.8. The maximum Gasteiger partial charge on any atom is 0.410 e. The Balaban J connectivity index is 1.10. The molecule has 7 N–H and O–H groups in total. The van der Waals surface area contributed by atoms with Crippen LogP contribution in [0.15, 0.2) is 137 Å². The number of alkyl carbamates (subject to hydrolysis) is 1. The molecule has 29 nitrogen and oxygen atoms in total. The van der Waals surface area contributed by atoms with Crippen LogP contribution in [0.4, 0.5) is 14.0 Å². The van der Waals surface area contributed by atoms with Gasteiger partial charge in [0.15, 0.2) is 25.0 Å². The fraction of sp³-hybridized carbons (Fsp3) is 0.534. The monoisotopic (exact) mass is 1230 g/mol. The molecule has 1 saturated carbocycles. The van der Waals surface area contributed by atoms with Crippen LogP contribution >= 0.6 is 0 Å². The lowest BCUT2D eigenvalue weighted by Crippen LogP contribution is -2.64. The van der Waals surface area contributed by atoms with Crippen molar-refractivity contribution >= 4 is 18.1 Å². The van der Waals surface area contributed by atoms with Crippen molar-refractivity contribution in [1.82, 2.24) is 15.5 Å². The molecule has 4 fully saturated rings. The number of aliphatic hydroxyl groups excluding tert-OH is 5. The van der Waals surface area contributed by atoms with Gasteiger partial charge < -0.3 is 83.7 Å². The maximum absolute atomic E-state index is 15.9. The highest BCUT2D eigenvalue weighted by molar-refractivity contribution is 5.82. The molecule has 3 aliphatic heterocycles. The van der Waals surface area contributed by atoms with Crippen LogP contribution in [0.1, 0.15) is 48.4 Å². The smallest absolute Gasteiger partial charge is 0.410 e. The molecule has 88 heavy (non-hydrogen) atoms. The summed E-state index contributed by atoms with van der Waals surface area (Å²) in [4.78, 5) is 51.5. The van der Waals surface area contributed by atoms with E-state index in [0.29, 0.717) is 11.1 Å². The summed E-state index contributed by atoms with van der Waals surface area (Å²) in [6, 6.07) is 31.8. The normalized spacial score (nSPS) is 30.0. The molecule has 1 aliphatic carbocycles. The number of alkyl halides is 1. The van der Waals surface area contributed by atoms with Gasteiger partial charge in [-0.3, -0.25) is 4.79 Å². The van der Waals surface area contributed by atoms with E-state index in [4.69, 9.17) is 53.7 Å². The van der Waals surface area contributed by atoms with Crippen LogP contribution in [-0.4, -0.2) is 185 Å². The Labute approximate surface area is 504 Å². The Morgan fingerprint density at radius 3 is 1.84 bits per heavy atom. The first-order valence-electron chi connectivity index (χ1n) is 28.6. The summed E-state index contributed by atoms with van der Waals surface area (Å²) in [5, 5.41) is 72.9. The summed E-state index contributed by atoms with van der Waals surface area (Å²) in [6.45, 7) is -0.817. The molecule has 8 rings (SSSR count). The number of carbonyl (C=O) groups is 3. The number of ether oxygens (including phenoxy) is 9. The zero-order valence-corrected chi connectivity index (χ0v) is 47.8. The average Bonchev–Trinajstić information content (AvgIpc) is 2.18. The predicted octanol–water partition coefficient (Wildman–Crippen LogP) is 5.41. The lowest BCUT2D eigenvalue weighted by molar-refractivity contribution is -0.297. The third-order valence-corrected chi connectivity index (χ3v) is 15.4. The van der Waals surface area contributed by atoms with Crippen LogP contribution in [0.3, 0.4) is 0 Å². The van der Waals surface area contributed by atoms with Crippen molar-refractivity contribution in [1.29, 1.82) is 0 Å². The fourth-order valence-electron chi connectivity index (χ4n) is 10.8. The van der Waals surface area contributed by atoms with Crippen molar-refractivity contribution in [2.75, 3.05) is 26.2 Å². The number of halogens is 1. The number of amides is 3. The largest absolute Gasteiger partial charge is 0.445 e. The van der Waals surface area contributed by atoms with E-state index in [1.165, 1.54) is 4.90 Å². The molecule has 4 aromatic rings. The number of benzene rings is 4. The van der Waals surface area contributed by atoms with Crippen LogP contribution in [0.25, 0.3) is 31.3 Å². The maximum atomic E-state index is 15.9. The van der Waals surface area contributed by atoms with Crippen LogP contribution in [0.2, 0.25) is 0 Å². The number of hydrogen-bond donors (Lipinski definition) is 7. The van der Waals surface area contributed by atoms with Gasteiger partial charge in [0.05, 0.1) is 69.3 Å². The Kier molecular flexibility index (Phi) is 24.9. The molecule has 30 heteroatoms. The number of nitrogens with zero attached hydrogens (tertiary/aromatic N) is 10. The predicted molar refractivity (Wildman–Crippen MR) is 305 cm³/mol. The highest BCUT2D eigenvalue weighted by Crippen LogP contribution is 2.38. The van der Waals surface area contributed by atoms with Gasteiger partial charge in [0.1, 0.15) is 62.1 Å². The van der Waals surface area contributed by atoms with Crippen LogP contribution < -0.4 is 10.6 Å². The van der Waals surface area contributed by atoms with E-state index in [1.54, 1.807) is 61.5 Å². The molecule has 4 aromatic carbocycles. The van der Waals surface area contributed by atoms with E-state index in [1.807, 2.05) is 66.7 Å². The number of azide groups is 3. The van der Waals surface area contributed by atoms with Gasteiger partial charge in [-0.05, 0) is 64.0 Å². The Morgan fingerprint density at radius 2 is 1.23 bits per heavy atom. The van der Waals surface area contributed by atoms with Crippen molar-refractivity contribution in [2.45, 2.75) is 163 Å². The van der Waals surface area contributed by atoms with Gasteiger partial charge in [-0.15, -0.1) is 0 Å². The third kappa shape index (κ3) is 18.0. The molecule has 0 spiro atoms. The van der Waals surface area contributed by atoms with Crippen molar-refractivity contribution in [3.63, 3.8) is 0 Å². The van der Waals surface area contributed by atoms with E-state index < -0.39 is 154 Å². The summed E-state index contributed by atoms with van der Waals surface area (Å²) in [7, 11) is 0. The number of carbonyl (C=O) groups excluding carboxylic acids is 3. The van der Waals surface area contributed by atoms with Crippen LogP contribution in [0.5, 0.6) is 0 Å². The van der Waals surface area contributed by atoms with Crippen LogP contribution in [0, 0.1) is 5.92 Å². The Morgan fingerprint density at radius 1 is 0.648 bits per heavy atom. The zero-order valence-electron chi connectivity index (χ0n) is 47.8. The molecular weight excluding hydrogens is 1160 g/mol. The number of aliphatic hydroxyl groups is 5. The first-order chi connectivity index (χ1) is 42.7. The van der Waals surface area contributed by atoms with Gasteiger partial charge in [-0.2, -0.15) is 0 Å². The van der Waals surface area contributed by atoms with Gasteiger partial charge in [-0.25, -0.2) is 14.0 Å². The first kappa shape index (κ1) is 66.2. The van der Waals surface area contributed by atoms with Gasteiger partial charge in [0, 0.05) is 21.3 Å². The van der Waals surface area contributed by atoms with Crippen molar-refractivity contribution in [3.8, 4) is 0 Å². The SMILES string of the molecule is C[C@H]1C[C@@H](NC(=O)[C@@H](OCc2ccccc2)[C@H](F)CN=[N+]=[N-])[C@H](O)[C@@H](O[C@@H]2O[C@H](CO)[C@@H](O[C@H]3O[C@@H](CN=[N+]=[N-])[C@@H](O)[C@H](O)[C@H]3N=[N+]=[N-])[C@H]2O)[C@@H]1O[C@H]1O[C@H](CN(Cc2ccccc2)C(=O)OCc2ccccc2)CC[C@H]1NC(=O)OCc1ccccc1. The molecule has 472 valence electrons. The molecule has 0 radical (unpaired) electrons. The molecule has 0 aromatic heterocycles. The summed E-state index contributed by atoms with van der Waals surface area (Å²) in [6.07, 6.45) is -26.1. The minimum atomic E-state index is -2.17. The van der Waals surface area contributed by atoms with Crippen molar-refractivity contribution in [3.05, 3.63) is 175 Å². The molecule has 0 bridgehead atoms. The molecule has 3 amide bonds. The molecule has 0 unspecified atom stereocenters. The van der Waals surface area contributed by atoms with E-state index in [2.05, 4.69) is 40.7 Å². The summed E-state index contributed by atoms with van der Waals surface area (Å²) >= 11 is 0. The van der Waals surface area contributed by atoms with Gasteiger partial charge in [-0.1, -0.05) is 144 Å². The average molecular weight is 1230 g/mol. The topological polar surface area (TPSA) is 409 Å². The zero-order chi connectivity index (χ0) is 62.5. The van der Waals surface area contributed by atoms with Crippen molar-refractivity contribution < 1.29 is 86.9 Å². The molecule has 4 aliphatic rings. The first-order valence-corrected chi connectivity index (χ1v) is 28.6. The van der Waals surface area contributed by atoms with Gasteiger partial charge in [0.2, 0.25) is 0 Å². The van der Waals surface area contributed by atoms with Crippen LogP contribution in [-0.2, 0) is 73.8 Å². The quantitative estimate of drug-likeness (QED) is 0.0223.